The van der Waals surface area contributed by atoms with Gasteiger partial charge >= 0.3 is 6.18 Å². The van der Waals surface area contributed by atoms with Gasteiger partial charge in [0.2, 0.25) is 20.0 Å². The van der Waals surface area contributed by atoms with Gasteiger partial charge in [-0.1, -0.05) is 6.07 Å². The van der Waals surface area contributed by atoms with Crippen LogP contribution in [0.1, 0.15) is 5.56 Å². The summed E-state index contributed by atoms with van der Waals surface area (Å²) in [7, 11) is -4.78. The number of alkyl halides is 3. The molecule has 0 aliphatic carbocycles. The highest BCUT2D eigenvalue weighted by Gasteiger charge is 2.32. The molecule has 1 aliphatic rings. The molecule has 0 radical (unpaired) electrons. The van der Waals surface area contributed by atoms with Crippen LogP contribution in [0.2, 0.25) is 0 Å². The number of piperazine rings is 1. The van der Waals surface area contributed by atoms with Gasteiger partial charge in [0.05, 0.1) is 15.4 Å². The summed E-state index contributed by atoms with van der Waals surface area (Å²) >= 11 is 0. The molecule has 0 unspecified atom stereocenters. The van der Waals surface area contributed by atoms with Crippen molar-refractivity contribution in [2.75, 3.05) is 45.2 Å². The molecule has 0 amide bonds. The first-order valence-electron chi connectivity index (χ1n) is 9.28. The Labute approximate surface area is 179 Å². The molecule has 1 aliphatic heterocycles. The first-order chi connectivity index (χ1) is 14.3. The van der Waals surface area contributed by atoms with E-state index in [0.717, 1.165) is 16.4 Å². The zero-order chi connectivity index (χ0) is 23.0. The van der Waals surface area contributed by atoms with Gasteiger partial charge in [-0.2, -0.15) is 17.5 Å². The van der Waals surface area contributed by atoms with E-state index in [1.807, 2.05) is 0 Å². The Balaban J connectivity index is 1.73. The predicted molar refractivity (Wildman–Crippen MR) is 110 cm³/mol. The fourth-order valence-corrected chi connectivity index (χ4v) is 5.53. The summed E-state index contributed by atoms with van der Waals surface area (Å²) in [5.74, 6) is 0. The molecule has 7 nitrogen and oxygen atoms in total. The van der Waals surface area contributed by atoms with Crippen molar-refractivity contribution in [3.05, 3.63) is 54.1 Å². The first-order valence-corrected chi connectivity index (χ1v) is 12.2. The number of halogens is 3. The topological polar surface area (TPSA) is 78.0 Å². The molecule has 0 bridgehead atoms. The lowest BCUT2D eigenvalue weighted by atomic mass is 10.1. The van der Waals surface area contributed by atoms with Gasteiger partial charge in [0.1, 0.15) is 0 Å². The number of hydrogen-bond donors (Lipinski definition) is 0. The summed E-state index contributed by atoms with van der Waals surface area (Å²) in [5, 5.41) is 0. The SMILES string of the molecule is CN(C)S(=O)(=O)c1ccc(S(=O)(=O)N2CCN(c3cccc(C(F)(F)F)c3)CC2)cc1. The molecule has 1 heterocycles. The molecule has 2 aromatic carbocycles. The smallest absolute Gasteiger partial charge is 0.369 e. The molecule has 1 fully saturated rings. The lowest BCUT2D eigenvalue weighted by Crippen LogP contribution is -2.48. The quantitative estimate of drug-likeness (QED) is 0.661. The third-order valence-corrected chi connectivity index (χ3v) is 8.76. The largest absolute Gasteiger partial charge is 0.416 e. The molecule has 1 saturated heterocycles. The van der Waals surface area contributed by atoms with Crippen molar-refractivity contribution in [3.63, 3.8) is 0 Å². The molecule has 31 heavy (non-hydrogen) atoms. The first kappa shape index (κ1) is 23.5. The van der Waals surface area contributed by atoms with E-state index in [1.165, 1.54) is 48.7 Å². The van der Waals surface area contributed by atoms with E-state index < -0.39 is 31.8 Å². The summed E-state index contributed by atoms with van der Waals surface area (Å²) < 4.78 is 91.2. The van der Waals surface area contributed by atoms with Gasteiger partial charge in [0.15, 0.2) is 0 Å². The Hall–Kier alpha value is -2.15. The zero-order valence-corrected chi connectivity index (χ0v) is 18.5. The number of nitrogens with zero attached hydrogens (tertiary/aromatic N) is 3. The van der Waals surface area contributed by atoms with E-state index in [0.29, 0.717) is 5.69 Å². The van der Waals surface area contributed by atoms with Gasteiger partial charge in [-0.05, 0) is 42.5 Å². The van der Waals surface area contributed by atoms with Crippen LogP contribution in [0.4, 0.5) is 18.9 Å². The van der Waals surface area contributed by atoms with Crippen LogP contribution in [0.5, 0.6) is 0 Å². The minimum absolute atomic E-state index is 0.0224. The lowest BCUT2D eigenvalue weighted by molar-refractivity contribution is -0.137. The highest BCUT2D eigenvalue weighted by molar-refractivity contribution is 7.89. The average Bonchev–Trinajstić information content (AvgIpc) is 2.73. The van der Waals surface area contributed by atoms with Crippen LogP contribution in [-0.2, 0) is 26.2 Å². The molecule has 3 rings (SSSR count). The summed E-state index contributed by atoms with van der Waals surface area (Å²) in [6.07, 6.45) is -4.45. The summed E-state index contributed by atoms with van der Waals surface area (Å²) in [5.41, 5.74) is -0.377. The van der Waals surface area contributed by atoms with E-state index in [4.69, 9.17) is 0 Å². The average molecular weight is 478 g/mol. The Kier molecular flexibility index (Phi) is 6.38. The molecule has 170 valence electrons. The Morgan fingerprint density at radius 3 is 1.90 bits per heavy atom. The molecular formula is C19H22F3N3O4S2. The maximum Gasteiger partial charge on any atom is 0.416 e. The van der Waals surface area contributed by atoms with E-state index >= 15 is 0 Å². The number of hydrogen-bond acceptors (Lipinski definition) is 5. The van der Waals surface area contributed by atoms with Crippen molar-refractivity contribution < 1.29 is 30.0 Å². The van der Waals surface area contributed by atoms with Gasteiger partial charge in [0.25, 0.3) is 0 Å². The fourth-order valence-electron chi connectivity index (χ4n) is 3.21. The van der Waals surface area contributed by atoms with Crippen molar-refractivity contribution in [2.45, 2.75) is 16.0 Å². The lowest BCUT2D eigenvalue weighted by Gasteiger charge is -2.35. The van der Waals surface area contributed by atoms with E-state index in [-0.39, 0.29) is 36.0 Å². The molecule has 0 N–H and O–H groups in total. The number of rotatable bonds is 5. The minimum Gasteiger partial charge on any atom is -0.369 e. The fraction of sp³-hybridized carbons (Fsp3) is 0.368. The third-order valence-electron chi connectivity index (χ3n) is 5.02. The van der Waals surface area contributed by atoms with Crippen LogP contribution in [0, 0.1) is 0 Å². The van der Waals surface area contributed by atoms with Crippen molar-refractivity contribution in [1.82, 2.24) is 8.61 Å². The highest BCUT2D eigenvalue weighted by atomic mass is 32.2. The maximum absolute atomic E-state index is 12.9. The molecule has 0 spiro atoms. The summed E-state index contributed by atoms with van der Waals surface area (Å²) in [6, 6.07) is 9.88. The minimum atomic E-state index is -4.45. The molecule has 0 aromatic heterocycles. The monoisotopic (exact) mass is 477 g/mol. The number of sulfonamides is 2. The van der Waals surface area contributed by atoms with Gasteiger partial charge in [-0.15, -0.1) is 0 Å². The van der Waals surface area contributed by atoms with Gasteiger partial charge < -0.3 is 4.90 Å². The normalized spacial score (nSPS) is 16.6. The summed E-state index contributed by atoms with van der Waals surface area (Å²) in [6.45, 7) is 0.647. The van der Waals surface area contributed by atoms with Gasteiger partial charge in [-0.25, -0.2) is 21.1 Å². The zero-order valence-electron chi connectivity index (χ0n) is 16.9. The number of anilines is 1. The van der Waals surface area contributed by atoms with E-state index in [2.05, 4.69) is 0 Å². The van der Waals surface area contributed by atoms with Crippen LogP contribution in [-0.4, -0.2) is 65.7 Å². The summed E-state index contributed by atoms with van der Waals surface area (Å²) in [4.78, 5) is 1.64. The maximum atomic E-state index is 12.9. The molecule has 0 saturated carbocycles. The Morgan fingerprint density at radius 1 is 0.839 bits per heavy atom. The van der Waals surface area contributed by atoms with E-state index in [1.54, 1.807) is 11.0 Å². The van der Waals surface area contributed by atoms with E-state index in [9.17, 15) is 30.0 Å². The van der Waals surface area contributed by atoms with Crippen LogP contribution < -0.4 is 4.90 Å². The predicted octanol–water partition coefficient (Wildman–Crippen LogP) is 2.47. The van der Waals surface area contributed by atoms with Crippen LogP contribution in [0.15, 0.2) is 58.3 Å². The van der Waals surface area contributed by atoms with Crippen LogP contribution >= 0.6 is 0 Å². The van der Waals surface area contributed by atoms with Crippen LogP contribution in [0.25, 0.3) is 0 Å². The van der Waals surface area contributed by atoms with Gasteiger partial charge in [-0.3, -0.25) is 0 Å². The van der Waals surface area contributed by atoms with Crippen LogP contribution in [0.3, 0.4) is 0 Å². The Morgan fingerprint density at radius 2 is 1.39 bits per heavy atom. The van der Waals surface area contributed by atoms with Crippen molar-refractivity contribution in [1.29, 1.82) is 0 Å². The Bertz CT molecular complexity index is 1140. The van der Waals surface area contributed by atoms with Gasteiger partial charge in [0, 0.05) is 46.0 Å². The van der Waals surface area contributed by atoms with Crippen molar-refractivity contribution in [3.8, 4) is 0 Å². The highest BCUT2D eigenvalue weighted by Crippen LogP contribution is 2.32. The second kappa shape index (κ2) is 8.41. The molecule has 12 heteroatoms. The number of benzene rings is 2. The second-order valence-electron chi connectivity index (χ2n) is 7.20. The third kappa shape index (κ3) is 4.86. The van der Waals surface area contributed by atoms with Crippen molar-refractivity contribution in [2.24, 2.45) is 0 Å². The molecular weight excluding hydrogens is 455 g/mol. The molecule has 0 atom stereocenters. The second-order valence-corrected chi connectivity index (χ2v) is 11.3. The standard InChI is InChI=1S/C19H22F3N3O4S2/c1-23(2)30(26,27)17-6-8-18(9-7-17)31(28,29)25-12-10-24(11-13-25)16-5-3-4-15(14-16)19(20,21)22/h3-9,14H,10-13H2,1-2H3. The molecule has 2 aromatic rings. The van der Waals surface area contributed by atoms with Crippen molar-refractivity contribution >= 4 is 25.7 Å².